The Morgan fingerprint density at radius 3 is 2.12 bits per heavy atom. The summed E-state index contributed by atoms with van der Waals surface area (Å²) in [6, 6.07) is 14.4. The number of hydrogen-bond donors (Lipinski definition) is 0. The lowest BCUT2D eigenvalue weighted by molar-refractivity contribution is -0.0804. The van der Waals surface area contributed by atoms with Crippen molar-refractivity contribution in [2.75, 3.05) is 0 Å². The highest BCUT2D eigenvalue weighted by Gasteiger charge is 2.26. The molecular weight excluding hydrogens is 339 g/mol. The molecule has 3 nitrogen and oxygen atoms in total. The van der Waals surface area contributed by atoms with Gasteiger partial charge in [-0.2, -0.15) is 13.2 Å². The fourth-order valence-corrected chi connectivity index (χ4v) is 3.29. The Morgan fingerprint density at radius 1 is 1.00 bits per heavy atom. The minimum atomic E-state index is -4.60. The van der Waals surface area contributed by atoms with Gasteiger partial charge in [0.05, 0.1) is 11.4 Å². The molecule has 0 heterocycles. The molecule has 0 N–H and O–H groups in total. The van der Waals surface area contributed by atoms with Gasteiger partial charge in [-0.15, -0.1) is 0 Å². The molecule has 0 aliphatic carbocycles. The molecular formula is C17H16F3NO2S. The molecule has 2 aromatic rings. The number of sulfonamides is 1. The Bertz CT molecular complexity index is 798. The third-order valence-corrected chi connectivity index (χ3v) is 4.97. The van der Waals surface area contributed by atoms with Crippen molar-refractivity contribution in [2.24, 2.45) is 0 Å². The number of halogens is 3. The standard InChI is InChI=1S/C17H16F3NO2S/c1-14-7-9-16(10-8-14)24(22,23)21(12-11-17(18,19)20)13-15-5-3-2-4-6-15/h2-12H,13H2,1H3/b12-11+. The fraction of sp³-hybridized carbons (Fsp3) is 0.176. The van der Waals surface area contributed by atoms with E-state index in [1.165, 1.54) is 12.1 Å². The van der Waals surface area contributed by atoms with Crippen molar-refractivity contribution in [1.29, 1.82) is 0 Å². The van der Waals surface area contributed by atoms with Gasteiger partial charge in [-0.3, -0.25) is 4.31 Å². The smallest absolute Gasteiger partial charge is 0.269 e. The maximum absolute atomic E-state index is 12.7. The molecule has 128 valence electrons. The van der Waals surface area contributed by atoms with Gasteiger partial charge in [-0.05, 0) is 24.6 Å². The molecule has 0 fully saturated rings. The van der Waals surface area contributed by atoms with Crippen molar-refractivity contribution in [3.63, 3.8) is 0 Å². The third kappa shape index (κ3) is 4.86. The molecule has 2 rings (SSSR count). The molecule has 0 aromatic heterocycles. The van der Waals surface area contributed by atoms with E-state index in [9.17, 15) is 21.6 Å². The lowest BCUT2D eigenvalue weighted by Crippen LogP contribution is -2.26. The zero-order valence-corrected chi connectivity index (χ0v) is 13.7. The van der Waals surface area contributed by atoms with E-state index in [2.05, 4.69) is 0 Å². The van der Waals surface area contributed by atoms with Crippen LogP contribution in [0.25, 0.3) is 0 Å². The highest BCUT2D eigenvalue weighted by atomic mass is 32.2. The molecule has 0 atom stereocenters. The summed E-state index contributed by atoms with van der Waals surface area (Å²) in [4.78, 5) is -0.0594. The van der Waals surface area contributed by atoms with Crippen LogP contribution in [0.1, 0.15) is 11.1 Å². The van der Waals surface area contributed by atoms with Crippen LogP contribution in [0.15, 0.2) is 71.8 Å². The van der Waals surface area contributed by atoms with Gasteiger partial charge in [0, 0.05) is 12.3 Å². The Hall–Kier alpha value is -2.28. The summed E-state index contributed by atoms with van der Waals surface area (Å²) in [5.74, 6) is 0. The number of aryl methyl sites for hydroxylation is 1. The number of hydrogen-bond acceptors (Lipinski definition) is 2. The first-order valence-electron chi connectivity index (χ1n) is 7.07. The second-order valence-corrected chi connectivity index (χ2v) is 7.10. The van der Waals surface area contributed by atoms with Crippen LogP contribution in [0.4, 0.5) is 13.2 Å². The lowest BCUT2D eigenvalue weighted by Gasteiger charge is -2.21. The SMILES string of the molecule is Cc1ccc(S(=O)(=O)N(/C=C/C(F)(F)F)Cc2ccccc2)cc1. The molecule has 0 saturated carbocycles. The molecule has 0 radical (unpaired) electrons. The minimum absolute atomic E-state index is 0.0594. The van der Waals surface area contributed by atoms with Crippen LogP contribution in [0.2, 0.25) is 0 Å². The topological polar surface area (TPSA) is 37.4 Å². The number of alkyl halides is 3. The maximum atomic E-state index is 12.7. The van der Waals surface area contributed by atoms with Crippen LogP contribution >= 0.6 is 0 Å². The van der Waals surface area contributed by atoms with Crippen molar-refractivity contribution in [3.8, 4) is 0 Å². The highest BCUT2D eigenvalue weighted by molar-refractivity contribution is 7.89. The van der Waals surface area contributed by atoms with Crippen molar-refractivity contribution < 1.29 is 21.6 Å². The van der Waals surface area contributed by atoms with Crippen molar-refractivity contribution >= 4 is 10.0 Å². The number of nitrogens with zero attached hydrogens (tertiary/aromatic N) is 1. The van der Waals surface area contributed by atoms with Gasteiger partial charge in [0.1, 0.15) is 0 Å². The molecule has 24 heavy (non-hydrogen) atoms. The highest BCUT2D eigenvalue weighted by Crippen LogP contribution is 2.22. The summed E-state index contributed by atoms with van der Waals surface area (Å²) in [5, 5.41) is 0. The van der Waals surface area contributed by atoms with Crippen LogP contribution in [0.3, 0.4) is 0 Å². The summed E-state index contributed by atoms with van der Waals surface area (Å²) in [6.45, 7) is 1.60. The van der Waals surface area contributed by atoms with Crippen LogP contribution in [-0.2, 0) is 16.6 Å². The normalized spacial score (nSPS) is 12.5. The molecule has 0 bridgehead atoms. The van der Waals surface area contributed by atoms with Gasteiger partial charge in [-0.1, -0.05) is 48.0 Å². The largest absolute Gasteiger partial charge is 0.411 e. The van der Waals surface area contributed by atoms with E-state index in [1.54, 1.807) is 49.4 Å². The first kappa shape index (κ1) is 18.1. The van der Waals surface area contributed by atoms with Crippen LogP contribution in [0, 0.1) is 6.92 Å². The molecule has 0 amide bonds. The van der Waals surface area contributed by atoms with Crippen LogP contribution < -0.4 is 0 Å². The minimum Gasteiger partial charge on any atom is -0.269 e. The Kier molecular flexibility index (Phi) is 5.33. The molecule has 0 spiro atoms. The summed E-state index contributed by atoms with van der Waals surface area (Å²) < 4.78 is 63.5. The van der Waals surface area contributed by atoms with E-state index in [0.29, 0.717) is 16.1 Å². The van der Waals surface area contributed by atoms with E-state index < -0.39 is 16.2 Å². The summed E-state index contributed by atoms with van der Waals surface area (Å²) >= 11 is 0. The zero-order valence-electron chi connectivity index (χ0n) is 12.9. The van der Waals surface area contributed by atoms with E-state index in [-0.39, 0.29) is 17.5 Å². The van der Waals surface area contributed by atoms with E-state index in [1.807, 2.05) is 0 Å². The summed E-state index contributed by atoms with van der Waals surface area (Å²) in [7, 11) is -4.09. The van der Waals surface area contributed by atoms with Crippen LogP contribution in [-0.4, -0.2) is 18.9 Å². The number of benzene rings is 2. The van der Waals surface area contributed by atoms with Gasteiger partial charge < -0.3 is 0 Å². The molecule has 0 saturated heterocycles. The third-order valence-electron chi connectivity index (χ3n) is 3.24. The van der Waals surface area contributed by atoms with E-state index >= 15 is 0 Å². The summed E-state index contributed by atoms with van der Waals surface area (Å²) in [6.07, 6.45) is -4.12. The van der Waals surface area contributed by atoms with Gasteiger partial charge >= 0.3 is 6.18 Å². The first-order valence-corrected chi connectivity index (χ1v) is 8.51. The number of allylic oxidation sites excluding steroid dienone is 1. The van der Waals surface area contributed by atoms with E-state index in [0.717, 1.165) is 5.56 Å². The van der Waals surface area contributed by atoms with Crippen molar-refractivity contribution in [3.05, 3.63) is 78.0 Å². The predicted molar refractivity (Wildman–Crippen MR) is 85.5 cm³/mol. The molecule has 7 heteroatoms. The van der Waals surface area contributed by atoms with Crippen molar-refractivity contribution in [1.82, 2.24) is 4.31 Å². The Labute approximate surface area is 139 Å². The average molecular weight is 355 g/mol. The fourth-order valence-electron chi connectivity index (χ4n) is 1.99. The van der Waals surface area contributed by atoms with Gasteiger partial charge in [0.15, 0.2) is 0 Å². The van der Waals surface area contributed by atoms with Crippen molar-refractivity contribution in [2.45, 2.75) is 24.5 Å². The molecule has 0 aliphatic heterocycles. The molecule has 0 aliphatic rings. The lowest BCUT2D eigenvalue weighted by atomic mass is 10.2. The molecule has 2 aromatic carbocycles. The zero-order chi connectivity index (χ0) is 17.8. The average Bonchev–Trinajstić information content (AvgIpc) is 2.52. The Morgan fingerprint density at radius 2 is 1.58 bits per heavy atom. The quantitative estimate of drug-likeness (QED) is 0.804. The van der Waals surface area contributed by atoms with Gasteiger partial charge in [-0.25, -0.2) is 8.42 Å². The first-order chi connectivity index (χ1) is 11.2. The predicted octanol–water partition coefficient (Wildman–Crippen LogP) is 4.26. The van der Waals surface area contributed by atoms with Crippen LogP contribution in [0.5, 0.6) is 0 Å². The maximum Gasteiger partial charge on any atom is 0.411 e. The van der Waals surface area contributed by atoms with Gasteiger partial charge in [0.2, 0.25) is 0 Å². The van der Waals surface area contributed by atoms with E-state index in [4.69, 9.17) is 0 Å². The second-order valence-electron chi connectivity index (χ2n) is 5.21. The summed E-state index contributed by atoms with van der Waals surface area (Å²) in [5.41, 5.74) is 1.44. The number of rotatable bonds is 5. The van der Waals surface area contributed by atoms with Gasteiger partial charge in [0.25, 0.3) is 10.0 Å². The Balaban J connectivity index is 2.40. The second kappa shape index (κ2) is 7.09. The monoisotopic (exact) mass is 355 g/mol. The molecule has 0 unspecified atom stereocenters.